The fourth-order valence-electron chi connectivity index (χ4n) is 2.06. The summed E-state index contributed by atoms with van der Waals surface area (Å²) in [5.41, 5.74) is 2.16. The van der Waals surface area contributed by atoms with Gasteiger partial charge in [-0.15, -0.1) is 0 Å². The highest BCUT2D eigenvalue weighted by Gasteiger charge is 2.26. The maximum atomic E-state index is 11.2. The Labute approximate surface area is 95.7 Å². The highest BCUT2D eigenvalue weighted by atomic mass is 16.4. The average Bonchev–Trinajstić information content (AvgIpc) is 2.99. The van der Waals surface area contributed by atoms with Gasteiger partial charge in [0, 0.05) is 0 Å². The maximum Gasteiger partial charge on any atom is 0.325 e. The van der Waals surface area contributed by atoms with Gasteiger partial charge in [-0.05, 0) is 44.0 Å². The molecule has 0 spiro atoms. The first-order valence-corrected chi connectivity index (χ1v) is 5.58. The second kappa shape index (κ2) is 4.26. The summed E-state index contributed by atoms with van der Waals surface area (Å²) in [5, 5.41) is 9.20. The molecule has 1 aromatic rings. The molecule has 1 atom stereocenters. The van der Waals surface area contributed by atoms with Crippen molar-refractivity contribution in [2.45, 2.75) is 24.8 Å². The van der Waals surface area contributed by atoms with E-state index >= 15 is 0 Å². The van der Waals surface area contributed by atoms with Crippen molar-refractivity contribution in [3.63, 3.8) is 0 Å². The number of carboxylic acid groups (broad SMARTS) is 1. The van der Waals surface area contributed by atoms with Crippen LogP contribution in [0.5, 0.6) is 0 Å². The standard InChI is InChI=1S/C13H17NO2/c1-14(2)12(13(15)16)11-5-3-4-10(8-11)9-6-7-9/h3-5,8-9,12H,6-7H2,1-2H3,(H,15,16). The molecule has 3 heteroatoms. The lowest BCUT2D eigenvalue weighted by molar-refractivity contribution is -0.142. The Hall–Kier alpha value is -1.35. The number of rotatable bonds is 4. The molecule has 1 aliphatic carbocycles. The van der Waals surface area contributed by atoms with Crippen LogP contribution in [0.4, 0.5) is 0 Å². The lowest BCUT2D eigenvalue weighted by Crippen LogP contribution is -2.27. The van der Waals surface area contributed by atoms with Crippen molar-refractivity contribution in [3.05, 3.63) is 35.4 Å². The highest BCUT2D eigenvalue weighted by molar-refractivity contribution is 5.75. The summed E-state index contributed by atoms with van der Waals surface area (Å²) in [6.45, 7) is 0. The van der Waals surface area contributed by atoms with Crippen LogP contribution in [0.25, 0.3) is 0 Å². The number of hydrogen-bond acceptors (Lipinski definition) is 2. The van der Waals surface area contributed by atoms with Crippen LogP contribution >= 0.6 is 0 Å². The van der Waals surface area contributed by atoms with Crippen molar-refractivity contribution in [1.82, 2.24) is 4.90 Å². The first kappa shape index (κ1) is 11.1. The Kier molecular flexibility index (Phi) is 2.97. The first-order chi connectivity index (χ1) is 7.59. The quantitative estimate of drug-likeness (QED) is 0.844. The molecule has 16 heavy (non-hydrogen) atoms. The van der Waals surface area contributed by atoms with E-state index in [0.717, 1.165) is 5.56 Å². The molecule has 3 nitrogen and oxygen atoms in total. The Morgan fingerprint density at radius 1 is 1.44 bits per heavy atom. The minimum atomic E-state index is -0.794. The van der Waals surface area contributed by atoms with Gasteiger partial charge in [0.2, 0.25) is 0 Å². The summed E-state index contributed by atoms with van der Waals surface area (Å²) in [6, 6.07) is 7.44. The van der Waals surface area contributed by atoms with Crippen molar-refractivity contribution in [3.8, 4) is 0 Å². The van der Waals surface area contributed by atoms with Gasteiger partial charge in [0.1, 0.15) is 6.04 Å². The number of nitrogens with zero attached hydrogens (tertiary/aromatic N) is 1. The minimum Gasteiger partial charge on any atom is -0.480 e. The summed E-state index contributed by atoms with van der Waals surface area (Å²) in [5.74, 6) is -0.130. The average molecular weight is 219 g/mol. The van der Waals surface area contributed by atoms with E-state index in [4.69, 9.17) is 0 Å². The third-order valence-electron chi connectivity index (χ3n) is 3.03. The molecular weight excluding hydrogens is 202 g/mol. The summed E-state index contributed by atoms with van der Waals surface area (Å²) in [6.07, 6.45) is 2.48. The first-order valence-electron chi connectivity index (χ1n) is 5.58. The van der Waals surface area contributed by atoms with Crippen LogP contribution in [0, 0.1) is 0 Å². The molecule has 0 aromatic heterocycles. The smallest absolute Gasteiger partial charge is 0.325 e. The van der Waals surface area contributed by atoms with Crippen LogP contribution in [-0.4, -0.2) is 30.1 Å². The zero-order chi connectivity index (χ0) is 11.7. The van der Waals surface area contributed by atoms with Crippen molar-refractivity contribution < 1.29 is 9.90 Å². The zero-order valence-electron chi connectivity index (χ0n) is 9.68. The summed E-state index contributed by atoms with van der Waals surface area (Å²) >= 11 is 0. The normalized spacial score (nSPS) is 17.4. The van der Waals surface area contributed by atoms with E-state index in [0.29, 0.717) is 5.92 Å². The van der Waals surface area contributed by atoms with E-state index in [9.17, 15) is 9.90 Å². The SMILES string of the molecule is CN(C)C(C(=O)O)c1cccc(C2CC2)c1. The fourth-order valence-corrected chi connectivity index (χ4v) is 2.06. The van der Waals surface area contributed by atoms with E-state index in [1.165, 1.54) is 18.4 Å². The van der Waals surface area contributed by atoms with Gasteiger partial charge in [0.15, 0.2) is 0 Å². The maximum absolute atomic E-state index is 11.2. The number of hydrogen-bond donors (Lipinski definition) is 1. The summed E-state index contributed by atoms with van der Waals surface area (Å²) in [7, 11) is 3.59. The van der Waals surface area contributed by atoms with E-state index in [1.807, 2.05) is 18.2 Å². The molecule has 86 valence electrons. The monoisotopic (exact) mass is 219 g/mol. The lowest BCUT2D eigenvalue weighted by Gasteiger charge is -2.20. The fraction of sp³-hybridized carbons (Fsp3) is 0.462. The van der Waals surface area contributed by atoms with Crippen molar-refractivity contribution in [2.75, 3.05) is 14.1 Å². The van der Waals surface area contributed by atoms with Crippen molar-refractivity contribution in [1.29, 1.82) is 0 Å². The van der Waals surface area contributed by atoms with E-state index in [1.54, 1.807) is 19.0 Å². The van der Waals surface area contributed by atoms with Gasteiger partial charge in [0.25, 0.3) is 0 Å². The Morgan fingerprint density at radius 3 is 2.62 bits per heavy atom. The lowest BCUT2D eigenvalue weighted by atomic mass is 10.0. The van der Waals surface area contributed by atoms with Gasteiger partial charge in [-0.3, -0.25) is 9.69 Å². The van der Waals surface area contributed by atoms with Crippen LogP contribution in [0.3, 0.4) is 0 Å². The number of carbonyl (C=O) groups is 1. The zero-order valence-corrected chi connectivity index (χ0v) is 9.68. The largest absolute Gasteiger partial charge is 0.480 e. The molecule has 0 heterocycles. The number of aliphatic carboxylic acids is 1. The van der Waals surface area contributed by atoms with Gasteiger partial charge >= 0.3 is 5.97 Å². The van der Waals surface area contributed by atoms with Gasteiger partial charge in [-0.25, -0.2) is 0 Å². The molecular formula is C13H17NO2. The molecule has 1 unspecified atom stereocenters. The molecule has 1 fully saturated rings. The third-order valence-corrected chi connectivity index (χ3v) is 3.03. The van der Waals surface area contributed by atoms with Crippen LogP contribution in [0.2, 0.25) is 0 Å². The molecule has 2 rings (SSSR count). The van der Waals surface area contributed by atoms with Gasteiger partial charge in [0.05, 0.1) is 0 Å². The molecule has 1 aromatic carbocycles. The topological polar surface area (TPSA) is 40.5 Å². The van der Waals surface area contributed by atoms with Crippen molar-refractivity contribution in [2.24, 2.45) is 0 Å². The van der Waals surface area contributed by atoms with Gasteiger partial charge < -0.3 is 5.11 Å². The van der Waals surface area contributed by atoms with Crippen LogP contribution in [0.1, 0.15) is 35.9 Å². The van der Waals surface area contributed by atoms with Crippen LogP contribution in [0.15, 0.2) is 24.3 Å². The predicted molar refractivity (Wildman–Crippen MR) is 62.5 cm³/mol. The summed E-state index contributed by atoms with van der Waals surface area (Å²) in [4.78, 5) is 12.9. The molecule has 0 aliphatic heterocycles. The molecule has 0 amide bonds. The molecule has 1 N–H and O–H groups in total. The molecule has 0 bridgehead atoms. The van der Waals surface area contributed by atoms with Crippen LogP contribution in [-0.2, 0) is 4.79 Å². The number of likely N-dealkylation sites (N-methyl/N-ethyl adjacent to an activating group) is 1. The van der Waals surface area contributed by atoms with Crippen molar-refractivity contribution >= 4 is 5.97 Å². The van der Waals surface area contributed by atoms with E-state index in [2.05, 4.69) is 6.07 Å². The number of benzene rings is 1. The molecule has 1 saturated carbocycles. The number of carboxylic acids is 1. The Bertz CT molecular complexity index is 397. The minimum absolute atomic E-state index is 0.543. The molecule has 0 saturated heterocycles. The molecule has 1 aliphatic rings. The van der Waals surface area contributed by atoms with Gasteiger partial charge in [-0.1, -0.05) is 24.3 Å². The second-order valence-corrected chi connectivity index (χ2v) is 4.65. The third kappa shape index (κ3) is 2.25. The van der Waals surface area contributed by atoms with E-state index < -0.39 is 12.0 Å². The van der Waals surface area contributed by atoms with Gasteiger partial charge in [-0.2, -0.15) is 0 Å². The van der Waals surface area contributed by atoms with Crippen LogP contribution < -0.4 is 0 Å². The second-order valence-electron chi connectivity index (χ2n) is 4.65. The highest BCUT2D eigenvalue weighted by Crippen LogP contribution is 2.40. The predicted octanol–water partition coefficient (Wildman–Crippen LogP) is 2.25. The Morgan fingerprint density at radius 2 is 2.12 bits per heavy atom. The Balaban J connectivity index is 2.29. The van der Waals surface area contributed by atoms with E-state index in [-0.39, 0.29) is 0 Å². The molecule has 0 radical (unpaired) electrons. The summed E-state index contributed by atoms with van der Waals surface area (Å²) < 4.78 is 0.